The Morgan fingerprint density at radius 3 is 2.36 bits per heavy atom. The van der Waals surface area contributed by atoms with Gasteiger partial charge in [-0.1, -0.05) is 60.3 Å². The summed E-state index contributed by atoms with van der Waals surface area (Å²) in [6.45, 7) is 2.51. The summed E-state index contributed by atoms with van der Waals surface area (Å²) in [5.41, 5.74) is 1.19. The molecule has 0 aromatic heterocycles. The van der Waals surface area contributed by atoms with E-state index in [0.717, 1.165) is 35.6 Å². The second-order valence-electron chi connectivity index (χ2n) is 10.4. The third-order valence-electron chi connectivity index (χ3n) is 7.48. The van der Waals surface area contributed by atoms with Crippen LogP contribution >= 0.6 is 11.6 Å². The maximum Gasteiger partial charge on any atom is 0.264 e. The lowest BCUT2D eigenvalue weighted by Crippen LogP contribution is -2.52. The Hall–Kier alpha value is -3.63. The van der Waals surface area contributed by atoms with Crippen LogP contribution in [0.1, 0.15) is 43.7 Å². The van der Waals surface area contributed by atoms with Gasteiger partial charge in [-0.3, -0.25) is 13.9 Å². The third-order valence-corrected chi connectivity index (χ3v) is 9.56. The molecule has 3 aromatic rings. The van der Waals surface area contributed by atoms with Crippen LogP contribution < -0.4 is 14.4 Å². The molecule has 2 amide bonds. The molecule has 0 heterocycles. The van der Waals surface area contributed by atoms with Crippen LogP contribution in [0.4, 0.5) is 10.1 Å². The molecule has 1 aliphatic rings. The summed E-state index contributed by atoms with van der Waals surface area (Å²) in [6, 6.07) is 15.6. The van der Waals surface area contributed by atoms with Crippen molar-refractivity contribution < 1.29 is 27.1 Å². The Morgan fingerprint density at radius 1 is 1.07 bits per heavy atom. The van der Waals surface area contributed by atoms with Gasteiger partial charge in [-0.15, -0.1) is 0 Å². The number of nitrogens with one attached hydrogen (secondary N) is 1. The van der Waals surface area contributed by atoms with Gasteiger partial charge in [-0.2, -0.15) is 0 Å². The highest BCUT2D eigenvalue weighted by Gasteiger charge is 2.34. The molecular formula is C31H35ClFN3O5S. The molecule has 0 radical (unpaired) electrons. The molecule has 0 aliphatic heterocycles. The van der Waals surface area contributed by atoms with Crippen LogP contribution in [0.5, 0.6) is 5.75 Å². The largest absolute Gasteiger partial charge is 0.495 e. The number of benzene rings is 3. The number of ether oxygens (including phenoxy) is 1. The van der Waals surface area contributed by atoms with Crippen LogP contribution in [-0.2, 0) is 26.2 Å². The van der Waals surface area contributed by atoms with Crippen LogP contribution in [0.25, 0.3) is 0 Å². The first-order chi connectivity index (χ1) is 20.0. The normalized spacial score (nSPS) is 14.3. The van der Waals surface area contributed by atoms with E-state index in [4.69, 9.17) is 16.3 Å². The van der Waals surface area contributed by atoms with E-state index in [-0.39, 0.29) is 39.7 Å². The number of rotatable bonds is 11. The summed E-state index contributed by atoms with van der Waals surface area (Å²) in [5.74, 6) is -1.27. The summed E-state index contributed by atoms with van der Waals surface area (Å²) in [5, 5.41) is 3.14. The van der Waals surface area contributed by atoms with E-state index in [1.807, 2.05) is 6.92 Å². The third kappa shape index (κ3) is 7.22. The van der Waals surface area contributed by atoms with E-state index in [1.54, 1.807) is 25.1 Å². The SMILES string of the molecule is COc1ccc(N(CC(=O)N(Cc2ccccc2F)C(C)C(=O)NC2CCCC2)S(=O)(=O)c2ccc(C)cc2)cc1Cl. The second kappa shape index (κ2) is 13.6. The zero-order chi connectivity index (χ0) is 30.4. The predicted molar refractivity (Wildman–Crippen MR) is 161 cm³/mol. The van der Waals surface area contributed by atoms with Crippen molar-refractivity contribution in [2.24, 2.45) is 0 Å². The number of hydrogen-bond acceptors (Lipinski definition) is 5. The molecule has 1 unspecified atom stereocenters. The number of halogens is 2. The quantitative estimate of drug-likeness (QED) is 0.309. The molecule has 11 heteroatoms. The number of sulfonamides is 1. The van der Waals surface area contributed by atoms with Crippen molar-refractivity contribution >= 4 is 39.1 Å². The van der Waals surface area contributed by atoms with Gasteiger partial charge in [0.15, 0.2) is 0 Å². The molecule has 1 fully saturated rings. The zero-order valence-corrected chi connectivity index (χ0v) is 25.4. The Kier molecular flexibility index (Phi) is 10.1. The molecule has 42 heavy (non-hydrogen) atoms. The lowest BCUT2D eigenvalue weighted by atomic mass is 10.1. The number of carbonyl (C=O) groups excluding carboxylic acids is 2. The molecule has 8 nitrogen and oxygen atoms in total. The van der Waals surface area contributed by atoms with E-state index in [9.17, 15) is 22.4 Å². The maximum absolute atomic E-state index is 14.7. The van der Waals surface area contributed by atoms with Crippen molar-refractivity contribution in [3.05, 3.63) is 88.7 Å². The molecule has 1 saturated carbocycles. The molecule has 224 valence electrons. The smallest absolute Gasteiger partial charge is 0.264 e. The monoisotopic (exact) mass is 615 g/mol. The fraction of sp³-hybridized carbons (Fsp3) is 0.355. The molecule has 1 N–H and O–H groups in total. The molecular weight excluding hydrogens is 581 g/mol. The Bertz CT molecular complexity index is 1530. The number of aryl methyl sites for hydroxylation is 1. The van der Waals surface area contributed by atoms with Gasteiger partial charge in [0.2, 0.25) is 11.8 Å². The fourth-order valence-electron chi connectivity index (χ4n) is 4.96. The summed E-state index contributed by atoms with van der Waals surface area (Å²) in [4.78, 5) is 28.5. The van der Waals surface area contributed by atoms with Gasteiger partial charge in [0.05, 0.1) is 22.7 Å². The minimum Gasteiger partial charge on any atom is -0.495 e. The Balaban J connectivity index is 1.72. The Morgan fingerprint density at radius 2 is 1.74 bits per heavy atom. The first kappa shape index (κ1) is 31.3. The van der Waals surface area contributed by atoms with Crippen molar-refractivity contribution in [2.75, 3.05) is 18.0 Å². The van der Waals surface area contributed by atoms with E-state index < -0.39 is 34.3 Å². The molecule has 0 bridgehead atoms. The number of amides is 2. The van der Waals surface area contributed by atoms with Crippen molar-refractivity contribution in [3.63, 3.8) is 0 Å². The van der Waals surface area contributed by atoms with Gasteiger partial charge < -0.3 is 15.0 Å². The topological polar surface area (TPSA) is 96.0 Å². The van der Waals surface area contributed by atoms with E-state index in [0.29, 0.717) is 5.75 Å². The van der Waals surface area contributed by atoms with Crippen molar-refractivity contribution in [2.45, 2.75) is 63.1 Å². The van der Waals surface area contributed by atoms with Gasteiger partial charge in [0.1, 0.15) is 24.2 Å². The van der Waals surface area contributed by atoms with Crippen LogP contribution in [0.15, 0.2) is 71.6 Å². The fourth-order valence-corrected chi connectivity index (χ4v) is 6.62. The van der Waals surface area contributed by atoms with E-state index in [1.165, 1.54) is 60.5 Å². The standard InChI is InChI=1S/C31H35ClFN3O5S/c1-21-12-15-26(16-13-21)42(39,40)36(25-14-17-29(41-3)27(32)18-25)20-30(37)35(19-23-8-4-7-11-28(23)33)22(2)31(38)34-24-9-5-6-10-24/h4,7-8,11-18,22,24H,5-6,9-10,19-20H2,1-3H3,(H,34,38). The van der Waals surface area contributed by atoms with Gasteiger partial charge in [0.25, 0.3) is 10.0 Å². The lowest BCUT2D eigenvalue weighted by Gasteiger charge is -2.32. The molecule has 3 aromatic carbocycles. The average molecular weight is 616 g/mol. The van der Waals surface area contributed by atoms with Gasteiger partial charge in [0, 0.05) is 18.2 Å². The summed E-state index contributed by atoms with van der Waals surface area (Å²) >= 11 is 6.35. The predicted octanol–water partition coefficient (Wildman–Crippen LogP) is 5.47. The molecule has 4 rings (SSSR count). The first-order valence-electron chi connectivity index (χ1n) is 13.8. The van der Waals surface area contributed by atoms with Crippen molar-refractivity contribution in [1.29, 1.82) is 0 Å². The number of nitrogens with zero attached hydrogens (tertiary/aromatic N) is 2. The van der Waals surface area contributed by atoms with E-state index in [2.05, 4.69) is 5.32 Å². The number of anilines is 1. The van der Waals surface area contributed by atoms with Crippen LogP contribution in [0, 0.1) is 12.7 Å². The lowest BCUT2D eigenvalue weighted by molar-refractivity contribution is -0.139. The average Bonchev–Trinajstić information content (AvgIpc) is 3.48. The molecule has 0 spiro atoms. The second-order valence-corrected chi connectivity index (χ2v) is 12.7. The highest BCUT2D eigenvalue weighted by Crippen LogP contribution is 2.32. The number of methoxy groups -OCH3 is 1. The van der Waals surface area contributed by atoms with Gasteiger partial charge in [-0.05, 0) is 63.1 Å². The van der Waals surface area contributed by atoms with Crippen molar-refractivity contribution in [3.8, 4) is 5.75 Å². The van der Waals surface area contributed by atoms with E-state index >= 15 is 0 Å². The van der Waals surface area contributed by atoms with Crippen LogP contribution in [-0.4, -0.2) is 50.9 Å². The first-order valence-corrected chi connectivity index (χ1v) is 15.6. The van der Waals surface area contributed by atoms with Gasteiger partial charge >= 0.3 is 0 Å². The summed E-state index contributed by atoms with van der Waals surface area (Å²) in [7, 11) is -2.84. The van der Waals surface area contributed by atoms with Crippen LogP contribution in [0.3, 0.4) is 0 Å². The molecule has 1 atom stereocenters. The summed E-state index contributed by atoms with van der Waals surface area (Å²) in [6.07, 6.45) is 3.71. The Labute approximate surface area is 251 Å². The minimum absolute atomic E-state index is 0.00483. The maximum atomic E-state index is 14.7. The minimum atomic E-state index is -4.27. The number of carbonyl (C=O) groups is 2. The summed E-state index contributed by atoms with van der Waals surface area (Å²) < 4.78 is 48.8. The number of hydrogen-bond donors (Lipinski definition) is 1. The highest BCUT2D eigenvalue weighted by molar-refractivity contribution is 7.92. The van der Waals surface area contributed by atoms with Gasteiger partial charge in [-0.25, -0.2) is 12.8 Å². The molecule has 0 saturated heterocycles. The highest BCUT2D eigenvalue weighted by atomic mass is 35.5. The zero-order valence-electron chi connectivity index (χ0n) is 23.8. The van der Waals surface area contributed by atoms with Crippen LogP contribution in [0.2, 0.25) is 5.02 Å². The molecule has 1 aliphatic carbocycles. The van der Waals surface area contributed by atoms with Crippen molar-refractivity contribution in [1.82, 2.24) is 10.2 Å².